The van der Waals surface area contributed by atoms with E-state index in [0.717, 1.165) is 0 Å². The van der Waals surface area contributed by atoms with Gasteiger partial charge < -0.3 is 14.6 Å². The molecule has 1 aliphatic rings. The van der Waals surface area contributed by atoms with E-state index in [9.17, 15) is 23.1 Å². The van der Waals surface area contributed by atoms with Crippen LogP contribution in [0, 0.1) is 29.8 Å². The number of ether oxygens (including phenoxy) is 2. The van der Waals surface area contributed by atoms with Crippen molar-refractivity contribution in [3.63, 3.8) is 0 Å². The number of hydrogen-bond acceptors (Lipinski definition) is 5. The van der Waals surface area contributed by atoms with Crippen LogP contribution in [0.5, 0.6) is 11.5 Å². The fraction of sp³-hybridized carbons (Fsp3) is 0.429. The molecule has 2 heterocycles. The molecule has 2 aromatic carbocycles. The third kappa shape index (κ3) is 5.85. The summed E-state index contributed by atoms with van der Waals surface area (Å²) in [6.45, 7) is 2.86. The number of nitrogens with zero attached hydrogens (tertiary/aromatic N) is 2. The molecule has 4 rings (SSSR count). The molecular formula is C28H30F4N2O4. The minimum Gasteiger partial charge on any atom is -0.497 e. The lowest BCUT2D eigenvalue weighted by Crippen LogP contribution is -2.45. The number of likely N-dealkylation sites (tertiary alicyclic amines) is 1. The van der Waals surface area contributed by atoms with Crippen LogP contribution in [0.4, 0.5) is 17.6 Å². The first-order valence-corrected chi connectivity index (χ1v) is 12.4. The minimum atomic E-state index is -1.38. The molecule has 0 spiro atoms. The Kier molecular flexibility index (Phi) is 8.40. The van der Waals surface area contributed by atoms with E-state index in [1.807, 2.05) is 4.90 Å². The molecule has 1 fully saturated rings. The summed E-state index contributed by atoms with van der Waals surface area (Å²) in [5.74, 6) is -4.30. The Hall–Kier alpha value is -3.40. The Bertz CT molecular complexity index is 1290. The molecule has 1 aromatic heterocycles. The van der Waals surface area contributed by atoms with Crippen molar-refractivity contribution in [2.24, 2.45) is 5.41 Å². The van der Waals surface area contributed by atoms with Gasteiger partial charge in [-0.3, -0.25) is 14.7 Å². The van der Waals surface area contributed by atoms with Crippen LogP contribution < -0.4 is 9.47 Å². The average Bonchev–Trinajstić information content (AvgIpc) is 2.89. The van der Waals surface area contributed by atoms with Crippen molar-refractivity contribution >= 4 is 16.9 Å². The van der Waals surface area contributed by atoms with Crippen molar-refractivity contribution in [1.29, 1.82) is 0 Å². The number of hydrogen-bond donors (Lipinski definition) is 1. The van der Waals surface area contributed by atoms with E-state index in [2.05, 4.69) is 4.98 Å². The van der Waals surface area contributed by atoms with E-state index in [-0.39, 0.29) is 19.4 Å². The summed E-state index contributed by atoms with van der Waals surface area (Å²) in [4.78, 5) is 18.6. The molecule has 0 amide bonds. The number of methoxy groups -OCH3 is 1. The molecule has 1 saturated heterocycles. The highest BCUT2D eigenvalue weighted by Gasteiger charge is 2.41. The number of aryl methyl sites for hydroxylation is 1. The maximum absolute atomic E-state index is 15.7. The van der Waals surface area contributed by atoms with Gasteiger partial charge >= 0.3 is 5.97 Å². The smallest absolute Gasteiger partial charge is 0.309 e. The summed E-state index contributed by atoms with van der Waals surface area (Å²) in [5, 5.41) is 10.7. The molecule has 1 aliphatic heterocycles. The van der Waals surface area contributed by atoms with Crippen molar-refractivity contribution in [2.45, 2.75) is 38.8 Å². The fourth-order valence-electron chi connectivity index (χ4n) is 5.10. The van der Waals surface area contributed by atoms with Gasteiger partial charge in [0, 0.05) is 30.3 Å². The second-order valence-corrected chi connectivity index (χ2v) is 9.72. The minimum absolute atomic E-state index is 0.0374. The standard InChI is InChI=1S/C28H30F4N2O4/c1-17-16-33-24-4-3-19(37-2)15-20(24)25(17)21(30)5-6-28(27(35)36)7-9-34(10-8-28)11-12-38-26-22(31)13-18(29)14-23(26)32/h3-4,13-16,21H,5-12H2,1-2H3,(H,35,36)/t21-/m0/s1. The number of halogens is 4. The van der Waals surface area contributed by atoms with E-state index < -0.39 is 40.8 Å². The summed E-state index contributed by atoms with van der Waals surface area (Å²) in [7, 11) is 1.53. The third-order valence-electron chi connectivity index (χ3n) is 7.39. The number of pyridine rings is 1. The van der Waals surface area contributed by atoms with Gasteiger partial charge in [0.15, 0.2) is 17.4 Å². The highest BCUT2D eigenvalue weighted by Crippen LogP contribution is 2.41. The van der Waals surface area contributed by atoms with Gasteiger partial charge in [0.1, 0.15) is 24.3 Å². The van der Waals surface area contributed by atoms with Gasteiger partial charge in [-0.2, -0.15) is 0 Å². The summed E-state index contributed by atoms with van der Waals surface area (Å²) >= 11 is 0. The van der Waals surface area contributed by atoms with Crippen LogP contribution in [-0.2, 0) is 4.79 Å². The predicted molar refractivity (Wildman–Crippen MR) is 134 cm³/mol. The molecule has 38 heavy (non-hydrogen) atoms. The zero-order valence-corrected chi connectivity index (χ0v) is 21.3. The zero-order valence-electron chi connectivity index (χ0n) is 21.3. The number of aromatic nitrogens is 1. The fourth-order valence-corrected chi connectivity index (χ4v) is 5.10. The highest BCUT2D eigenvalue weighted by atomic mass is 19.1. The highest BCUT2D eigenvalue weighted by molar-refractivity contribution is 5.85. The molecule has 0 bridgehead atoms. The van der Waals surface area contributed by atoms with Crippen LogP contribution in [0.25, 0.3) is 10.9 Å². The Balaban J connectivity index is 1.37. The molecule has 3 aromatic rings. The first-order valence-electron chi connectivity index (χ1n) is 12.4. The number of benzene rings is 2. The Morgan fingerprint density at radius 1 is 1.16 bits per heavy atom. The Labute approximate surface area is 218 Å². The molecule has 0 saturated carbocycles. The predicted octanol–water partition coefficient (Wildman–Crippen LogP) is 6.01. The average molecular weight is 535 g/mol. The van der Waals surface area contributed by atoms with Gasteiger partial charge in [-0.1, -0.05) is 0 Å². The number of carbonyl (C=O) groups is 1. The van der Waals surface area contributed by atoms with E-state index in [1.54, 1.807) is 31.3 Å². The molecule has 1 N–H and O–H groups in total. The molecule has 0 aliphatic carbocycles. The number of carboxylic acids is 1. The van der Waals surface area contributed by atoms with E-state index in [0.29, 0.717) is 72.4 Å². The van der Waals surface area contributed by atoms with Gasteiger partial charge in [-0.25, -0.2) is 17.6 Å². The number of aliphatic carboxylic acids is 1. The van der Waals surface area contributed by atoms with E-state index in [4.69, 9.17) is 9.47 Å². The van der Waals surface area contributed by atoms with Gasteiger partial charge in [-0.05, 0) is 75.0 Å². The summed E-state index contributed by atoms with van der Waals surface area (Å²) in [6, 6.07) is 6.36. The lowest BCUT2D eigenvalue weighted by Gasteiger charge is -2.39. The molecule has 1 atom stereocenters. The van der Waals surface area contributed by atoms with Gasteiger partial charge in [0.2, 0.25) is 0 Å². The number of rotatable bonds is 10. The molecule has 0 unspecified atom stereocenters. The second-order valence-electron chi connectivity index (χ2n) is 9.72. The van der Waals surface area contributed by atoms with Crippen LogP contribution in [0.15, 0.2) is 36.5 Å². The van der Waals surface area contributed by atoms with Crippen molar-refractivity contribution in [2.75, 3.05) is 33.4 Å². The molecule has 10 heteroatoms. The largest absolute Gasteiger partial charge is 0.497 e. The van der Waals surface area contributed by atoms with Crippen molar-refractivity contribution in [3.8, 4) is 11.5 Å². The molecule has 6 nitrogen and oxygen atoms in total. The maximum atomic E-state index is 15.7. The summed E-state index contributed by atoms with van der Waals surface area (Å²) < 4.78 is 66.7. The van der Waals surface area contributed by atoms with Crippen molar-refractivity contribution in [3.05, 3.63) is 65.1 Å². The van der Waals surface area contributed by atoms with Crippen LogP contribution in [0.3, 0.4) is 0 Å². The van der Waals surface area contributed by atoms with E-state index >= 15 is 4.39 Å². The molecule has 204 valence electrons. The van der Waals surface area contributed by atoms with E-state index in [1.165, 1.54) is 7.11 Å². The second kappa shape index (κ2) is 11.6. The van der Waals surface area contributed by atoms with Crippen molar-refractivity contribution in [1.82, 2.24) is 9.88 Å². The molecular weight excluding hydrogens is 504 g/mol. The first-order chi connectivity index (χ1) is 18.1. The van der Waals surface area contributed by atoms with Crippen LogP contribution in [0.1, 0.15) is 43.0 Å². The number of carboxylic acid groups (broad SMARTS) is 1. The summed E-state index contributed by atoms with van der Waals surface area (Å²) in [6.07, 6.45) is 1.04. The monoisotopic (exact) mass is 534 g/mol. The van der Waals surface area contributed by atoms with Gasteiger partial charge in [-0.15, -0.1) is 0 Å². The lowest BCUT2D eigenvalue weighted by molar-refractivity contribution is -0.153. The molecule has 0 radical (unpaired) electrons. The normalized spacial score (nSPS) is 16.4. The van der Waals surface area contributed by atoms with Gasteiger partial charge in [0.25, 0.3) is 0 Å². The summed E-state index contributed by atoms with van der Waals surface area (Å²) in [5.41, 5.74) is 0.736. The Morgan fingerprint density at radius 2 is 1.84 bits per heavy atom. The number of piperidine rings is 1. The van der Waals surface area contributed by atoms with Gasteiger partial charge in [0.05, 0.1) is 18.0 Å². The van der Waals surface area contributed by atoms with Crippen LogP contribution in [0.2, 0.25) is 0 Å². The topological polar surface area (TPSA) is 71.9 Å². The maximum Gasteiger partial charge on any atom is 0.309 e. The zero-order chi connectivity index (χ0) is 27.4. The number of alkyl halides is 1. The third-order valence-corrected chi connectivity index (χ3v) is 7.39. The quantitative estimate of drug-likeness (QED) is 0.322. The number of fused-ring (bicyclic) bond motifs is 1. The van der Waals surface area contributed by atoms with Crippen molar-refractivity contribution < 1.29 is 36.9 Å². The first kappa shape index (κ1) is 27.6. The Morgan fingerprint density at radius 3 is 2.47 bits per heavy atom. The van der Waals surface area contributed by atoms with Crippen LogP contribution in [-0.4, -0.2) is 54.3 Å². The lowest BCUT2D eigenvalue weighted by atomic mass is 9.74. The SMILES string of the molecule is COc1ccc2ncc(C)c([C@@H](F)CCC3(C(=O)O)CCN(CCOc4c(F)cc(F)cc4F)CC3)c2c1. The van der Waals surface area contributed by atoms with Crippen LogP contribution >= 0.6 is 0 Å².